The van der Waals surface area contributed by atoms with E-state index in [1.165, 1.54) is 12.1 Å². The Labute approximate surface area is 180 Å². The summed E-state index contributed by atoms with van der Waals surface area (Å²) >= 11 is 3.14. The lowest BCUT2D eigenvalue weighted by molar-refractivity contribution is 0.415. The number of nitrogens with zero attached hydrogens (tertiary/aromatic N) is 4. The number of aromatic nitrogens is 4. The van der Waals surface area contributed by atoms with E-state index >= 15 is 0 Å². The number of fused-ring (bicyclic) bond motifs is 3. The van der Waals surface area contributed by atoms with Crippen LogP contribution >= 0.6 is 23.1 Å². The minimum absolute atomic E-state index is 0.246. The van der Waals surface area contributed by atoms with Crippen LogP contribution in [0.25, 0.3) is 27.1 Å². The lowest BCUT2D eigenvalue weighted by atomic mass is 10.1. The summed E-state index contributed by atoms with van der Waals surface area (Å²) in [5, 5.41) is 13.6. The van der Waals surface area contributed by atoms with Crippen molar-refractivity contribution in [3.8, 4) is 16.3 Å². The van der Waals surface area contributed by atoms with E-state index in [2.05, 4.69) is 27.6 Å². The van der Waals surface area contributed by atoms with Gasteiger partial charge in [-0.15, -0.1) is 21.5 Å². The summed E-state index contributed by atoms with van der Waals surface area (Å²) in [6.45, 7) is 2.07. The largest absolute Gasteiger partial charge is 0.497 e. The Bertz CT molecular complexity index is 1360. The summed E-state index contributed by atoms with van der Waals surface area (Å²) in [5.41, 5.74) is 4.84. The highest BCUT2D eigenvalue weighted by Gasteiger charge is 2.14. The fraction of sp³-hybridized carbons (Fsp3) is 0.136. The van der Waals surface area contributed by atoms with Crippen molar-refractivity contribution in [3.05, 3.63) is 71.0 Å². The zero-order valence-corrected chi connectivity index (χ0v) is 17.9. The molecule has 8 heteroatoms. The van der Waals surface area contributed by atoms with Crippen molar-refractivity contribution in [2.24, 2.45) is 0 Å². The number of hydrogen-bond donors (Lipinski definition) is 0. The second kappa shape index (κ2) is 7.70. The minimum Gasteiger partial charge on any atom is -0.497 e. The normalized spacial score (nSPS) is 11.4. The van der Waals surface area contributed by atoms with Crippen LogP contribution in [-0.2, 0) is 5.75 Å². The van der Waals surface area contributed by atoms with E-state index in [1.54, 1.807) is 42.3 Å². The van der Waals surface area contributed by atoms with Crippen molar-refractivity contribution in [1.82, 2.24) is 19.6 Å². The SMILES string of the molecule is COc1ccc2c(C)cc3nnc(SCc4csc(-c5ccc(F)cc5)n4)n3c2c1. The first-order valence-electron chi connectivity index (χ1n) is 9.28. The topological polar surface area (TPSA) is 52.3 Å². The van der Waals surface area contributed by atoms with Crippen molar-refractivity contribution in [2.45, 2.75) is 17.8 Å². The van der Waals surface area contributed by atoms with E-state index in [4.69, 9.17) is 9.72 Å². The van der Waals surface area contributed by atoms with Gasteiger partial charge in [0.2, 0.25) is 0 Å². The van der Waals surface area contributed by atoms with E-state index in [1.807, 2.05) is 23.6 Å². The van der Waals surface area contributed by atoms with Crippen LogP contribution in [0.4, 0.5) is 4.39 Å². The molecule has 0 saturated heterocycles. The van der Waals surface area contributed by atoms with Crippen molar-refractivity contribution in [2.75, 3.05) is 7.11 Å². The Hall–Kier alpha value is -2.97. The number of thiazole rings is 1. The summed E-state index contributed by atoms with van der Waals surface area (Å²) < 4.78 is 20.6. The first-order chi connectivity index (χ1) is 14.6. The van der Waals surface area contributed by atoms with Gasteiger partial charge in [0.05, 0.1) is 18.3 Å². The van der Waals surface area contributed by atoms with Crippen molar-refractivity contribution < 1.29 is 9.13 Å². The quantitative estimate of drug-likeness (QED) is 0.328. The molecule has 3 heterocycles. The summed E-state index contributed by atoms with van der Waals surface area (Å²) in [6, 6.07) is 14.5. The van der Waals surface area contributed by atoms with Crippen LogP contribution in [0.2, 0.25) is 0 Å². The van der Waals surface area contributed by atoms with Gasteiger partial charge in [0.25, 0.3) is 0 Å². The van der Waals surface area contributed by atoms with Crippen LogP contribution in [-0.4, -0.2) is 26.7 Å². The van der Waals surface area contributed by atoms with E-state index in [0.29, 0.717) is 5.75 Å². The molecular formula is C22H17FN4OS2. The second-order valence-electron chi connectivity index (χ2n) is 6.83. The average Bonchev–Trinajstić information content (AvgIpc) is 3.39. The van der Waals surface area contributed by atoms with Crippen molar-refractivity contribution in [3.63, 3.8) is 0 Å². The summed E-state index contributed by atoms with van der Waals surface area (Å²) in [6.07, 6.45) is 0. The molecule has 0 N–H and O–H groups in total. The molecular weight excluding hydrogens is 419 g/mol. The predicted octanol–water partition coefficient (Wildman–Crippen LogP) is 5.75. The van der Waals surface area contributed by atoms with Gasteiger partial charge in [-0.2, -0.15) is 0 Å². The average molecular weight is 437 g/mol. The summed E-state index contributed by atoms with van der Waals surface area (Å²) in [4.78, 5) is 4.69. The van der Waals surface area contributed by atoms with E-state index in [9.17, 15) is 4.39 Å². The van der Waals surface area contributed by atoms with Crippen LogP contribution in [0, 0.1) is 12.7 Å². The highest BCUT2D eigenvalue weighted by atomic mass is 32.2. The van der Waals surface area contributed by atoms with Gasteiger partial charge in [0, 0.05) is 28.1 Å². The fourth-order valence-corrected chi connectivity index (χ4v) is 5.14. The number of halogens is 1. The van der Waals surface area contributed by atoms with Gasteiger partial charge in [0.15, 0.2) is 10.8 Å². The predicted molar refractivity (Wildman–Crippen MR) is 119 cm³/mol. The molecule has 0 atom stereocenters. The zero-order chi connectivity index (χ0) is 20.7. The Morgan fingerprint density at radius 1 is 1.10 bits per heavy atom. The molecule has 0 aliphatic heterocycles. The van der Waals surface area contributed by atoms with E-state index in [-0.39, 0.29) is 5.82 Å². The molecule has 0 saturated carbocycles. The molecule has 2 aromatic carbocycles. The highest BCUT2D eigenvalue weighted by molar-refractivity contribution is 7.98. The Balaban J connectivity index is 1.46. The molecule has 0 amide bonds. The number of thioether (sulfide) groups is 1. The third-order valence-corrected chi connectivity index (χ3v) is 6.77. The van der Waals surface area contributed by atoms with Crippen LogP contribution in [0.3, 0.4) is 0 Å². The van der Waals surface area contributed by atoms with Gasteiger partial charge >= 0.3 is 0 Å². The molecule has 30 heavy (non-hydrogen) atoms. The Morgan fingerprint density at radius 2 is 1.93 bits per heavy atom. The Morgan fingerprint density at radius 3 is 2.73 bits per heavy atom. The minimum atomic E-state index is -0.246. The van der Waals surface area contributed by atoms with Gasteiger partial charge in [-0.3, -0.25) is 4.40 Å². The van der Waals surface area contributed by atoms with Gasteiger partial charge in [-0.1, -0.05) is 11.8 Å². The van der Waals surface area contributed by atoms with Gasteiger partial charge in [-0.25, -0.2) is 9.37 Å². The lowest BCUT2D eigenvalue weighted by Crippen LogP contribution is -1.95. The monoisotopic (exact) mass is 436 g/mol. The fourth-order valence-electron chi connectivity index (χ4n) is 3.36. The summed E-state index contributed by atoms with van der Waals surface area (Å²) in [7, 11) is 1.66. The van der Waals surface area contributed by atoms with Gasteiger partial charge in [-0.05, 0) is 55.0 Å². The molecule has 150 valence electrons. The molecule has 5 nitrogen and oxygen atoms in total. The highest BCUT2D eigenvalue weighted by Crippen LogP contribution is 2.31. The smallest absolute Gasteiger partial charge is 0.196 e. The molecule has 0 bridgehead atoms. The maximum absolute atomic E-state index is 13.2. The Kier molecular flexibility index (Phi) is 4.88. The third kappa shape index (κ3) is 3.42. The standard InChI is InChI=1S/C22H17FN4OS2/c1-13-9-20-25-26-22(27(20)19-10-17(28-2)7-8-18(13)19)30-12-16-11-29-21(24-16)14-3-5-15(23)6-4-14/h3-11H,12H2,1-2H3. The lowest BCUT2D eigenvalue weighted by Gasteiger charge is -2.09. The first-order valence-corrected chi connectivity index (χ1v) is 11.1. The number of ether oxygens (including phenoxy) is 1. The maximum Gasteiger partial charge on any atom is 0.196 e. The van der Waals surface area contributed by atoms with Crippen molar-refractivity contribution in [1.29, 1.82) is 0 Å². The number of aryl methyl sites for hydroxylation is 1. The third-order valence-electron chi connectivity index (χ3n) is 4.87. The van der Waals surface area contributed by atoms with Crippen LogP contribution in [0.1, 0.15) is 11.3 Å². The van der Waals surface area contributed by atoms with Crippen LogP contribution in [0.5, 0.6) is 5.75 Å². The van der Waals surface area contributed by atoms with Crippen LogP contribution < -0.4 is 4.74 Å². The maximum atomic E-state index is 13.2. The molecule has 0 aliphatic rings. The number of benzene rings is 2. The van der Waals surface area contributed by atoms with E-state index < -0.39 is 0 Å². The molecule has 0 spiro atoms. The first kappa shape index (κ1) is 19.0. The number of pyridine rings is 1. The van der Waals surface area contributed by atoms with Gasteiger partial charge < -0.3 is 4.74 Å². The molecule has 0 fully saturated rings. The van der Waals surface area contributed by atoms with Gasteiger partial charge in [0.1, 0.15) is 16.6 Å². The molecule has 0 aliphatic carbocycles. The van der Waals surface area contributed by atoms with Crippen LogP contribution in [0.15, 0.2) is 59.1 Å². The second-order valence-corrected chi connectivity index (χ2v) is 8.63. The molecule has 5 rings (SSSR count). The van der Waals surface area contributed by atoms with E-state index in [0.717, 1.165) is 49.3 Å². The molecule has 5 aromatic rings. The number of rotatable bonds is 5. The molecule has 3 aromatic heterocycles. The summed E-state index contributed by atoms with van der Waals surface area (Å²) in [5.74, 6) is 1.21. The number of methoxy groups -OCH3 is 1. The zero-order valence-electron chi connectivity index (χ0n) is 16.3. The molecule has 0 radical (unpaired) electrons. The number of hydrogen-bond acceptors (Lipinski definition) is 6. The molecule has 0 unspecified atom stereocenters. The van der Waals surface area contributed by atoms with Crippen molar-refractivity contribution >= 4 is 39.6 Å².